The van der Waals surface area contributed by atoms with E-state index in [-0.39, 0.29) is 16.8 Å². The van der Waals surface area contributed by atoms with E-state index < -0.39 is 10.0 Å². The maximum Gasteiger partial charge on any atom is 0.257 e. The summed E-state index contributed by atoms with van der Waals surface area (Å²) < 4.78 is 34.4. The van der Waals surface area contributed by atoms with Crippen LogP contribution < -0.4 is 5.32 Å². The molecule has 9 nitrogen and oxygen atoms in total. The van der Waals surface area contributed by atoms with Crippen LogP contribution in [0.15, 0.2) is 41.7 Å². The molecule has 0 saturated carbocycles. The molecule has 162 valence electrons. The maximum absolute atomic E-state index is 13.0. The Morgan fingerprint density at radius 2 is 2.03 bits per heavy atom. The second-order valence-corrected chi connectivity index (χ2v) is 9.84. The van der Waals surface area contributed by atoms with E-state index in [0.29, 0.717) is 43.9 Å². The molecule has 1 atom stereocenters. The lowest BCUT2D eigenvalue weighted by Crippen LogP contribution is -2.40. The smallest absolute Gasteiger partial charge is 0.257 e. The van der Waals surface area contributed by atoms with Gasteiger partial charge in [0, 0.05) is 25.5 Å². The molecule has 1 aromatic carbocycles. The largest absolute Gasteiger partial charge is 0.379 e. The Morgan fingerprint density at radius 1 is 1.23 bits per heavy atom. The third kappa shape index (κ3) is 3.60. The van der Waals surface area contributed by atoms with Crippen LogP contribution in [0.2, 0.25) is 0 Å². The van der Waals surface area contributed by atoms with Gasteiger partial charge in [-0.3, -0.25) is 4.79 Å². The van der Waals surface area contributed by atoms with Gasteiger partial charge in [-0.1, -0.05) is 6.07 Å². The SMILES string of the molecule is Cc1cnc2c(C(=O)NC3CCc4ccc(S(=O)(=O)N5CCOCC5)cc43)cnn2c1. The number of aromatic nitrogens is 3. The van der Waals surface area contributed by atoms with Gasteiger partial charge in [0.2, 0.25) is 10.0 Å². The van der Waals surface area contributed by atoms with Crippen molar-refractivity contribution in [2.45, 2.75) is 30.7 Å². The fraction of sp³-hybridized carbons (Fsp3) is 0.381. The predicted octanol–water partition coefficient (Wildman–Crippen LogP) is 1.48. The molecule has 5 rings (SSSR count). The molecule has 0 bridgehead atoms. The fourth-order valence-corrected chi connectivity index (χ4v) is 5.63. The van der Waals surface area contributed by atoms with E-state index >= 15 is 0 Å². The quantitative estimate of drug-likeness (QED) is 0.657. The van der Waals surface area contributed by atoms with Crippen LogP contribution in [0, 0.1) is 6.92 Å². The minimum absolute atomic E-state index is 0.252. The highest BCUT2D eigenvalue weighted by atomic mass is 32.2. The normalized spacial score (nSPS) is 19.5. The molecule has 2 aliphatic rings. The van der Waals surface area contributed by atoms with Gasteiger partial charge in [-0.05, 0) is 48.6 Å². The molecule has 3 heterocycles. The lowest BCUT2D eigenvalue weighted by atomic mass is 10.1. The third-order valence-corrected chi connectivity index (χ3v) is 7.73. The van der Waals surface area contributed by atoms with Crippen LogP contribution in [-0.2, 0) is 21.2 Å². The summed E-state index contributed by atoms with van der Waals surface area (Å²) >= 11 is 0. The first kappa shape index (κ1) is 20.1. The molecule has 10 heteroatoms. The number of rotatable bonds is 4. The van der Waals surface area contributed by atoms with Crippen molar-refractivity contribution in [1.29, 1.82) is 0 Å². The standard InChI is InChI=1S/C21H23N5O4S/c1-14-11-22-20-18(12-23-26(20)13-14)21(27)24-19-5-3-15-2-4-16(10-17(15)19)31(28,29)25-6-8-30-9-7-25/h2,4,10-13,19H,3,5-9H2,1H3,(H,24,27). The van der Waals surface area contributed by atoms with Crippen molar-refractivity contribution in [3.8, 4) is 0 Å². The molecule has 1 unspecified atom stereocenters. The number of ether oxygens (including phenoxy) is 1. The number of nitrogens with zero attached hydrogens (tertiary/aromatic N) is 4. The summed E-state index contributed by atoms with van der Waals surface area (Å²) in [5.74, 6) is -0.273. The van der Waals surface area contributed by atoms with Gasteiger partial charge >= 0.3 is 0 Å². The number of fused-ring (bicyclic) bond motifs is 2. The number of carbonyl (C=O) groups is 1. The highest BCUT2D eigenvalue weighted by molar-refractivity contribution is 7.89. The molecule has 1 aliphatic heterocycles. The van der Waals surface area contributed by atoms with Crippen LogP contribution in [0.4, 0.5) is 0 Å². The van der Waals surface area contributed by atoms with Crippen molar-refractivity contribution in [3.05, 3.63) is 59.0 Å². The monoisotopic (exact) mass is 441 g/mol. The van der Waals surface area contributed by atoms with E-state index in [1.165, 1.54) is 10.5 Å². The molecule has 1 N–H and O–H groups in total. The molecular weight excluding hydrogens is 418 g/mol. The average Bonchev–Trinajstić information content (AvgIpc) is 3.37. The summed E-state index contributed by atoms with van der Waals surface area (Å²) in [6.07, 6.45) is 6.51. The molecule has 1 fully saturated rings. The van der Waals surface area contributed by atoms with E-state index in [9.17, 15) is 13.2 Å². The van der Waals surface area contributed by atoms with Gasteiger partial charge in [-0.15, -0.1) is 0 Å². The van der Waals surface area contributed by atoms with Crippen LogP contribution >= 0.6 is 0 Å². The van der Waals surface area contributed by atoms with Crippen LogP contribution in [0.5, 0.6) is 0 Å². The number of hydrogen-bond acceptors (Lipinski definition) is 6. The van der Waals surface area contributed by atoms with Crippen LogP contribution in [0.25, 0.3) is 5.65 Å². The Bertz CT molecular complexity index is 1260. The molecular formula is C21H23N5O4S. The second-order valence-electron chi connectivity index (χ2n) is 7.90. The summed E-state index contributed by atoms with van der Waals surface area (Å²) in [5.41, 5.74) is 3.74. The summed E-state index contributed by atoms with van der Waals surface area (Å²) in [4.78, 5) is 17.5. The van der Waals surface area contributed by atoms with Gasteiger partial charge in [0.25, 0.3) is 5.91 Å². The third-order valence-electron chi connectivity index (χ3n) is 5.84. The summed E-state index contributed by atoms with van der Waals surface area (Å²) in [5, 5.41) is 7.26. The van der Waals surface area contributed by atoms with Crippen LogP contribution in [0.1, 0.15) is 39.5 Å². The lowest BCUT2D eigenvalue weighted by Gasteiger charge is -2.26. The Hall–Kier alpha value is -2.82. The zero-order valence-corrected chi connectivity index (χ0v) is 17.9. The molecule has 0 spiro atoms. The maximum atomic E-state index is 13.0. The lowest BCUT2D eigenvalue weighted by molar-refractivity contribution is 0.0730. The van der Waals surface area contributed by atoms with Crippen molar-refractivity contribution >= 4 is 21.6 Å². The van der Waals surface area contributed by atoms with Gasteiger partial charge in [0.1, 0.15) is 5.56 Å². The number of aryl methyl sites for hydroxylation is 2. The van der Waals surface area contributed by atoms with E-state index in [0.717, 1.165) is 23.1 Å². The molecule has 2 aromatic heterocycles. The Kier molecular flexibility index (Phi) is 4.99. The predicted molar refractivity (Wildman–Crippen MR) is 112 cm³/mol. The van der Waals surface area contributed by atoms with Crippen molar-refractivity contribution in [2.75, 3.05) is 26.3 Å². The van der Waals surface area contributed by atoms with E-state index in [2.05, 4.69) is 15.4 Å². The molecule has 1 aliphatic carbocycles. The number of sulfonamides is 1. The summed E-state index contributed by atoms with van der Waals surface area (Å²) in [7, 11) is -3.59. The summed E-state index contributed by atoms with van der Waals surface area (Å²) in [6, 6.07) is 4.96. The van der Waals surface area contributed by atoms with E-state index in [1.807, 2.05) is 19.2 Å². The first-order valence-electron chi connectivity index (χ1n) is 10.2. The highest BCUT2D eigenvalue weighted by Gasteiger charge is 2.30. The van der Waals surface area contributed by atoms with Crippen LogP contribution in [0.3, 0.4) is 0 Å². The van der Waals surface area contributed by atoms with E-state index in [1.54, 1.807) is 22.8 Å². The second kappa shape index (κ2) is 7.70. The van der Waals surface area contributed by atoms with Gasteiger partial charge < -0.3 is 10.1 Å². The van der Waals surface area contributed by atoms with Gasteiger partial charge in [-0.25, -0.2) is 17.9 Å². The average molecular weight is 442 g/mol. The van der Waals surface area contributed by atoms with E-state index in [4.69, 9.17) is 4.74 Å². The molecule has 0 radical (unpaired) electrons. The fourth-order valence-electron chi connectivity index (χ4n) is 4.19. The first-order valence-corrected chi connectivity index (χ1v) is 11.7. The Morgan fingerprint density at radius 3 is 2.84 bits per heavy atom. The van der Waals surface area contributed by atoms with Crippen molar-refractivity contribution in [3.63, 3.8) is 0 Å². The molecule has 1 saturated heterocycles. The highest BCUT2D eigenvalue weighted by Crippen LogP contribution is 2.34. The zero-order valence-electron chi connectivity index (χ0n) is 17.1. The molecule has 31 heavy (non-hydrogen) atoms. The van der Waals surface area contributed by atoms with Gasteiger partial charge in [-0.2, -0.15) is 9.40 Å². The van der Waals surface area contributed by atoms with Crippen molar-refractivity contribution < 1.29 is 17.9 Å². The number of carbonyl (C=O) groups excluding carboxylic acids is 1. The van der Waals surface area contributed by atoms with Crippen molar-refractivity contribution in [2.24, 2.45) is 0 Å². The Labute approximate surface area is 180 Å². The first-order chi connectivity index (χ1) is 14.9. The van der Waals surface area contributed by atoms with Gasteiger partial charge in [0.15, 0.2) is 5.65 Å². The number of benzene rings is 1. The number of morpholine rings is 1. The number of hydrogen-bond donors (Lipinski definition) is 1. The molecule has 1 amide bonds. The van der Waals surface area contributed by atoms with Crippen LogP contribution in [-0.4, -0.2) is 59.5 Å². The summed E-state index contributed by atoms with van der Waals surface area (Å²) in [6.45, 7) is 3.40. The molecule has 3 aromatic rings. The number of nitrogens with one attached hydrogen (secondary N) is 1. The Balaban J connectivity index is 1.41. The number of amides is 1. The minimum atomic E-state index is -3.59. The van der Waals surface area contributed by atoms with Crippen molar-refractivity contribution in [1.82, 2.24) is 24.2 Å². The zero-order chi connectivity index (χ0) is 21.6. The topological polar surface area (TPSA) is 106 Å². The van der Waals surface area contributed by atoms with Gasteiger partial charge in [0.05, 0.1) is 30.3 Å². The minimum Gasteiger partial charge on any atom is -0.379 e.